The molecule has 0 bridgehead atoms. The summed E-state index contributed by atoms with van der Waals surface area (Å²) in [4.78, 5) is 26.1. The Labute approximate surface area is 242 Å². The molecule has 0 radical (unpaired) electrons. The Morgan fingerprint density at radius 2 is 1.88 bits per heavy atom. The summed E-state index contributed by atoms with van der Waals surface area (Å²) in [5, 5.41) is 16.0. The lowest BCUT2D eigenvalue weighted by Crippen LogP contribution is -2.49. The Morgan fingerprint density at radius 1 is 1.15 bits per heavy atom. The minimum absolute atomic E-state index is 0.0300. The predicted molar refractivity (Wildman–Crippen MR) is 155 cm³/mol. The lowest BCUT2D eigenvalue weighted by molar-refractivity contribution is -0.385. The van der Waals surface area contributed by atoms with Crippen LogP contribution in [0, 0.1) is 15.5 Å². The van der Waals surface area contributed by atoms with Gasteiger partial charge in [0.15, 0.2) is 0 Å². The Hall–Kier alpha value is -3.52. The number of anilines is 1. The average molecular weight is 603 g/mol. The lowest BCUT2D eigenvalue weighted by Gasteiger charge is -2.35. The number of benzene rings is 2. The van der Waals surface area contributed by atoms with Gasteiger partial charge in [0, 0.05) is 54.8 Å². The van der Waals surface area contributed by atoms with Gasteiger partial charge in [-0.2, -0.15) is 14.1 Å². The number of nitrogens with two attached hydrogens (primary N) is 1. The molecule has 0 unspecified atom stereocenters. The fourth-order valence-electron chi connectivity index (χ4n) is 4.77. The van der Waals surface area contributed by atoms with Crippen molar-refractivity contribution >= 4 is 33.0 Å². The number of hydrogen-bond donors (Lipinski definition) is 1. The van der Waals surface area contributed by atoms with E-state index in [4.69, 9.17) is 22.1 Å². The zero-order valence-electron chi connectivity index (χ0n) is 22.5. The van der Waals surface area contributed by atoms with Gasteiger partial charge in [-0.05, 0) is 42.7 Å². The van der Waals surface area contributed by atoms with Crippen LogP contribution in [-0.2, 0) is 22.3 Å². The van der Waals surface area contributed by atoms with Gasteiger partial charge in [-0.25, -0.2) is 8.42 Å². The van der Waals surface area contributed by atoms with Crippen LogP contribution >= 0.6 is 11.6 Å². The van der Waals surface area contributed by atoms with Gasteiger partial charge >= 0.3 is 5.56 Å². The summed E-state index contributed by atoms with van der Waals surface area (Å²) >= 11 is 6.14. The van der Waals surface area contributed by atoms with Crippen molar-refractivity contribution in [1.29, 1.82) is 0 Å². The second-order valence-electron chi connectivity index (χ2n) is 10.7. The normalized spacial score (nSPS) is 16.9. The van der Waals surface area contributed by atoms with E-state index in [1.54, 1.807) is 30.5 Å². The Balaban J connectivity index is 1.34. The van der Waals surface area contributed by atoms with Crippen molar-refractivity contribution in [3.63, 3.8) is 0 Å². The van der Waals surface area contributed by atoms with E-state index in [-0.39, 0.29) is 47.8 Å². The monoisotopic (exact) mass is 602 g/mol. The second kappa shape index (κ2) is 11.4. The smallest absolute Gasteiger partial charge is 0.316 e. The molecule has 2 fully saturated rings. The van der Waals surface area contributed by atoms with Gasteiger partial charge in [0.05, 0.1) is 29.2 Å². The summed E-state index contributed by atoms with van der Waals surface area (Å²) in [6, 6.07) is 11.0. The number of nitrogens with zero attached hydrogens (tertiary/aromatic N) is 5. The lowest BCUT2D eigenvalue weighted by atomic mass is 10.1. The summed E-state index contributed by atoms with van der Waals surface area (Å²) in [7, 11) is -3.72. The zero-order valence-corrected chi connectivity index (χ0v) is 24.1. The minimum atomic E-state index is -3.72. The number of halogens is 1. The molecule has 14 heteroatoms. The molecule has 1 aliphatic heterocycles. The van der Waals surface area contributed by atoms with Crippen LogP contribution in [0.3, 0.4) is 0 Å². The summed E-state index contributed by atoms with van der Waals surface area (Å²) in [6.45, 7) is 3.45. The molecule has 0 amide bonds. The van der Waals surface area contributed by atoms with Crippen molar-refractivity contribution < 1.29 is 18.1 Å². The number of rotatable bonds is 10. The third-order valence-electron chi connectivity index (χ3n) is 7.52. The molecule has 2 heterocycles. The number of aromatic nitrogens is 2. The first-order valence-electron chi connectivity index (χ1n) is 13.2. The van der Waals surface area contributed by atoms with Crippen LogP contribution in [0.1, 0.15) is 30.9 Å². The van der Waals surface area contributed by atoms with Crippen molar-refractivity contribution in [1.82, 2.24) is 14.1 Å². The molecule has 2 aliphatic rings. The molecule has 0 atom stereocenters. The molecule has 41 heavy (non-hydrogen) atoms. The molecule has 0 spiro atoms. The summed E-state index contributed by atoms with van der Waals surface area (Å²) in [5.74, 6) is -0.132. The molecule has 12 nitrogen and oxygen atoms in total. The van der Waals surface area contributed by atoms with Crippen LogP contribution < -0.4 is 20.9 Å². The van der Waals surface area contributed by atoms with Crippen molar-refractivity contribution in [2.75, 3.05) is 37.7 Å². The van der Waals surface area contributed by atoms with E-state index in [0.717, 1.165) is 12.8 Å². The molecule has 1 saturated heterocycles. The largest absolute Gasteiger partial charge is 0.486 e. The van der Waals surface area contributed by atoms with Gasteiger partial charge in [0.1, 0.15) is 5.69 Å². The molecule has 2 N–H and O–H groups in total. The van der Waals surface area contributed by atoms with E-state index >= 15 is 0 Å². The highest BCUT2D eigenvalue weighted by Crippen LogP contribution is 2.45. The van der Waals surface area contributed by atoms with Crippen molar-refractivity contribution in [3.8, 4) is 11.4 Å². The first-order chi connectivity index (χ1) is 19.5. The number of nitro benzene ring substituents is 1. The van der Waals surface area contributed by atoms with Gasteiger partial charge < -0.3 is 15.4 Å². The van der Waals surface area contributed by atoms with Gasteiger partial charge in [0.2, 0.25) is 15.8 Å². The molecule has 3 aromatic rings. The van der Waals surface area contributed by atoms with Crippen LogP contribution in [0.4, 0.5) is 11.4 Å². The quantitative estimate of drug-likeness (QED) is 0.272. The molecular formula is C27H31ClN6O6S. The number of hydrogen-bond acceptors (Lipinski definition) is 9. The maximum atomic E-state index is 13.6. The number of piperazine rings is 1. The summed E-state index contributed by atoms with van der Waals surface area (Å²) in [6.07, 6.45) is 3.62. The number of sulfonamides is 1. The third-order valence-corrected chi connectivity index (χ3v) is 9.60. The van der Waals surface area contributed by atoms with E-state index in [9.17, 15) is 23.3 Å². The third kappa shape index (κ3) is 6.38. The van der Waals surface area contributed by atoms with Crippen molar-refractivity contribution in [2.45, 2.75) is 32.1 Å². The van der Waals surface area contributed by atoms with Crippen LogP contribution in [0.15, 0.2) is 53.5 Å². The standard InChI is InChI=1S/C27H31ClN6O6S/c1-27(7-8-27)18-40-25-24(16-30-33(26(25)35)22-4-2-3-21(28)14-22)31-9-11-32(12-10-31)41(38,39)17-19-5-6-23(34(36)37)20(13-19)15-29/h2-6,13-14,16H,7-12,15,17-18,29H2,1H3. The molecule has 1 aromatic heterocycles. The van der Waals surface area contributed by atoms with Crippen LogP contribution in [0.5, 0.6) is 5.75 Å². The maximum absolute atomic E-state index is 13.6. The Bertz CT molecular complexity index is 1630. The molecular weight excluding hydrogens is 572 g/mol. The van der Waals surface area contributed by atoms with Crippen molar-refractivity contribution in [2.24, 2.45) is 11.1 Å². The molecule has 2 aromatic carbocycles. The first-order valence-corrected chi connectivity index (χ1v) is 15.2. The second-order valence-corrected chi connectivity index (χ2v) is 13.1. The average Bonchev–Trinajstić information content (AvgIpc) is 3.68. The van der Waals surface area contributed by atoms with Gasteiger partial charge in [0.25, 0.3) is 5.69 Å². The number of ether oxygens (including phenoxy) is 1. The Kier molecular flexibility index (Phi) is 8.06. The number of nitro groups is 1. The van der Waals surface area contributed by atoms with Crippen LogP contribution in [0.2, 0.25) is 5.02 Å². The highest BCUT2D eigenvalue weighted by atomic mass is 35.5. The SMILES string of the molecule is CC1(COc2c(N3CCN(S(=O)(=O)Cc4ccc([N+](=O)[O-])c(CN)c4)CC3)cnn(-c3cccc(Cl)c3)c2=O)CC1. The van der Waals surface area contributed by atoms with Crippen LogP contribution in [-0.4, -0.2) is 60.2 Å². The summed E-state index contributed by atoms with van der Waals surface area (Å²) < 4.78 is 35.2. The fourth-order valence-corrected chi connectivity index (χ4v) is 6.45. The topological polar surface area (TPSA) is 154 Å². The zero-order chi connectivity index (χ0) is 29.4. The van der Waals surface area contributed by atoms with E-state index in [1.165, 1.54) is 27.2 Å². The minimum Gasteiger partial charge on any atom is -0.486 e. The molecule has 1 saturated carbocycles. The van der Waals surface area contributed by atoms with Crippen molar-refractivity contribution in [3.05, 3.63) is 85.3 Å². The fraction of sp³-hybridized carbons (Fsp3) is 0.407. The van der Waals surface area contributed by atoms with Gasteiger partial charge in [-0.15, -0.1) is 0 Å². The highest BCUT2D eigenvalue weighted by molar-refractivity contribution is 7.88. The van der Waals surface area contributed by atoms with E-state index in [0.29, 0.717) is 41.7 Å². The van der Waals surface area contributed by atoms with E-state index in [2.05, 4.69) is 12.0 Å². The summed E-state index contributed by atoms with van der Waals surface area (Å²) in [5.41, 5.74) is 6.84. The molecule has 218 valence electrons. The molecule has 1 aliphatic carbocycles. The first kappa shape index (κ1) is 29.0. The van der Waals surface area contributed by atoms with Crippen LogP contribution in [0.25, 0.3) is 5.69 Å². The predicted octanol–water partition coefficient (Wildman–Crippen LogP) is 3.08. The van der Waals surface area contributed by atoms with E-state index < -0.39 is 20.5 Å². The highest BCUT2D eigenvalue weighted by Gasteiger charge is 2.39. The maximum Gasteiger partial charge on any atom is 0.316 e. The molecule has 5 rings (SSSR count). The van der Waals surface area contributed by atoms with E-state index in [1.807, 2.05) is 4.90 Å². The van der Waals surface area contributed by atoms with Gasteiger partial charge in [-0.1, -0.05) is 30.7 Å². The Morgan fingerprint density at radius 3 is 2.51 bits per heavy atom. The van der Waals surface area contributed by atoms with Gasteiger partial charge in [-0.3, -0.25) is 14.9 Å².